The van der Waals surface area contributed by atoms with Gasteiger partial charge in [0, 0.05) is 24.5 Å². The molecule has 1 aromatic heterocycles. The molecular weight excluding hydrogens is 310 g/mol. The molecule has 0 amide bonds. The lowest BCUT2D eigenvalue weighted by atomic mass is 10.00. The number of hydrogen-bond donors (Lipinski definition) is 2. The first kappa shape index (κ1) is 14.3. The molecule has 0 spiro atoms. The molecule has 112 valence electrons. The van der Waals surface area contributed by atoms with Gasteiger partial charge in [0.05, 0.1) is 0 Å². The van der Waals surface area contributed by atoms with E-state index < -0.39 is 10.0 Å². The minimum absolute atomic E-state index is 0.0884. The third-order valence-corrected chi connectivity index (χ3v) is 7.06. The summed E-state index contributed by atoms with van der Waals surface area (Å²) in [6, 6.07) is 5.62. The van der Waals surface area contributed by atoms with Crippen LogP contribution in [-0.2, 0) is 23.0 Å². The van der Waals surface area contributed by atoms with Crippen LogP contribution in [0.3, 0.4) is 0 Å². The van der Waals surface area contributed by atoms with Crippen LogP contribution in [-0.4, -0.2) is 24.3 Å². The van der Waals surface area contributed by atoms with Crippen molar-refractivity contribution in [3.05, 3.63) is 44.7 Å². The maximum atomic E-state index is 12.7. The molecule has 3 N–H and O–H groups in total. The van der Waals surface area contributed by atoms with Crippen molar-refractivity contribution in [2.75, 3.05) is 12.3 Å². The third-order valence-electron chi connectivity index (χ3n) is 3.63. The molecule has 0 saturated heterocycles. The lowest BCUT2D eigenvalue weighted by molar-refractivity contribution is 0.393. The summed E-state index contributed by atoms with van der Waals surface area (Å²) in [4.78, 5) is 13.5. The van der Waals surface area contributed by atoms with E-state index in [0.29, 0.717) is 24.3 Å². The first-order valence-electron chi connectivity index (χ1n) is 6.45. The number of aromatic amines is 1. The monoisotopic (exact) mass is 325 g/mol. The fraction of sp³-hybridized carbons (Fsp3) is 0.308. The second-order valence-electron chi connectivity index (χ2n) is 5.00. The first-order chi connectivity index (χ1) is 9.89. The number of thiazole rings is 1. The zero-order chi connectivity index (χ0) is 15.2. The number of aromatic nitrogens is 1. The Morgan fingerprint density at radius 1 is 1.38 bits per heavy atom. The molecule has 0 unspecified atom stereocenters. The van der Waals surface area contributed by atoms with Crippen molar-refractivity contribution in [3.8, 4) is 0 Å². The summed E-state index contributed by atoms with van der Waals surface area (Å²) >= 11 is 0.728. The number of rotatable bonds is 2. The molecule has 3 rings (SSSR count). The van der Waals surface area contributed by atoms with Gasteiger partial charge in [-0.05, 0) is 30.5 Å². The maximum Gasteiger partial charge on any atom is 0.305 e. The zero-order valence-corrected chi connectivity index (χ0v) is 13.1. The molecule has 0 fully saturated rings. The van der Waals surface area contributed by atoms with Crippen molar-refractivity contribution in [1.29, 1.82) is 0 Å². The van der Waals surface area contributed by atoms with E-state index in [-0.39, 0.29) is 15.6 Å². The number of nitrogens with two attached hydrogens (primary N) is 1. The summed E-state index contributed by atoms with van der Waals surface area (Å²) in [7, 11) is -3.67. The van der Waals surface area contributed by atoms with Gasteiger partial charge in [-0.2, -0.15) is 4.31 Å². The number of aryl methyl sites for hydroxylation is 1. The number of nitrogen functional groups attached to an aromatic ring is 1. The van der Waals surface area contributed by atoms with E-state index in [1.807, 2.05) is 12.1 Å². The van der Waals surface area contributed by atoms with Crippen molar-refractivity contribution >= 4 is 27.0 Å². The van der Waals surface area contributed by atoms with Crippen LogP contribution >= 0.6 is 11.3 Å². The predicted octanol–water partition coefficient (Wildman–Crippen LogP) is 1.07. The van der Waals surface area contributed by atoms with Gasteiger partial charge in [-0.1, -0.05) is 23.5 Å². The van der Waals surface area contributed by atoms with Gasteiger partial charge >= 0.3 is 4.87 Å². The molecule has 1 aromatic carbocycles. The van der Waals surface area contributed by atoms with E-state index in [1.54, 1.807) is 13.0 Å². The number of benzene rings is 1. The Morgan fingerprint density at radius 2 is 2.14 bits per heavy atom. The Labute approximate surface area is 126 Å². The summed E-state index contributed by atoms with van der Waals surface area (Å²) in [6.45, 7) is 2.23. The fourth-order valence-corrected chi connectivity index (χ4v) is 5.39. The Balaban J connectivity index is 2.01. The average Bonchev–Trinajstić information content (AvgIpc) is 2.78. The van der Waals surface area contributed by atoms with Crippen LogP contribution in [0.5, 0.6) is 0 Å². The highest BCUT2D eigenvalue weighted by atomic mass is 32.2. The molecule has 6 nitrogen and oxygen atoms in total. The van der Waals surface area contributed by atoms with E-state index >= 15 is 0 Å². The lowest BCUT2D eigenvalue weighted by Gasteiger charge is -2.28. The second kappa shape index (κ2) is 4.97. The molecular formula is C13H15N3O3S2. The normalized spacial score (nSPS) is 15.9. The van der Waals surface area contributed by atoms with Crippen molar-refractivity contribution in [2.24, 2.45) is 0 Å². The summed E-state index contributed by atoms with van der Waals surface area (Å²) in [5.74, 6) is 0. The van der Waals surface area contributed by atoms with Crippen LogP contribution in [0.15, 0.2) is 27.2 Å². The van der Waals surface area contributed by atoms with Gasteiger partial charge in [-0.15, -0.1) is 0 Å². The Morgan fingerprint density at radius 3 is 2.81 bits per heavy atom. The van der Waals surface area contributed by atoms with E-state index in [1.165, 1.54) is 4.31 Å². The number of fused-ring (bicyclic) bond motifs is 1. The van der Waals surface area contributed by atoms with Crippen LogP contribution < -0.4 is 10.6 Å². The lowest BCUT2D eigenvalue weighted by Crippen LogP contribution is -2.36. The molecule has 8 heteroatoms. The van der Waals surface area contributed by atoms with Gasteiger partial charge in [-0.25, -0.2) is 8.42 Å². The van der Waals surface area contributed by atoms with E-state index in [2.05, 4.69) is 4.98 Å². The average molecular weight is 325 g/mol. The van der Waals surface area contributed by atoms with Crippen LogP contribution in [0.1, 0.15) is 16.8 Å². The van der Waals surface area contributed by atoms with Gasteiger partial charge in [0.25, 0.3) is 10.0 Å². The Bertz CT molecular complexity index is 852. The van der Waals surface area contributed by atoms with Gasteiger partial charge < -0.3 is 10.7 Å². The molecule has 0 saturated carbocycles. The third kappa shape index (κ3) is 2.39. The molecule has 0 radical (unpaired) electrons. The van der Waals surface area contributed by atoms with Gasteiger partial charge in [0.15, 0.2) is 4.21 Å². The van der Waals surface area contributed by atoms with Crippen LogP contribution in [0.4, 0.5) is 5.69 Å². The van der Waals surface area contributed by atoms with E-state index in [4.69, 9.17) is 5.73 Å². The number of hydrogen-bond acceptors (Lipinski definition) is 5. The van der Waals surface area contributed by atoms with Crippen LogP contribution in [0.25, 0.3) is 0 Å². The molecule has 1 aliphatic heterocycles. The van der Waals surface area contributed by atoms with Crippen LogP contribution in [0, 0.1) is 6.92 Å². The molecule has 0 aliphatic carbocycles. The number of anilines is 1. The summed E-state index contributed by atoms with van der Waals surface area (Å²) in [5, 5.41) is 0. The molecule has 0 bridgehead atoms. The van der Waals surface area contributed by atoms with Crippen molar-refractivity contribution in [2.45, 2.75) is 24.1 Å². The summed E-state index contributed by atoms with van der Waals surface area (Å²) in [5.41, 5.74) is 8.87. The van der Waals surface area contributed by atoms with E-state index in [9.17, 15) is 13.2 Å². The largest absolute Gasteiger partial charge is 0.398 e. The quantitative estimate of drug-likeness (QED) is 0.807. The highest BCUT2D eigenvalue weighted by molar-refractivity contribution is 7.91. The Kier molecular flexibility index (Phi) is 3.39. The fourth-order valence-electron chi connectivity index (χ4n) is 2.54. The smallest absolute Gasteiger partial charge is 0.305 e. The second-order valence-corrected chi connectivity index (χ2v) is 8.12. The van der Waals surface area contributed by atoms with Crippen LogP contribution in [0.2, 0.25) is 0 Å². The number of nitrogens with one attached hydrogen (secondary N) is 1. The number of nitrogens with zero attached hydrogens (tertiary/aromatic N) is 1. The van der Waals surface area contributed by atoms with Crippen molar-refractivity contribution in [3.63, 3.8) is 0 Å². The topological polar surface area (TPSA) is 96.3 Å². The van der Waals surface area contributed by atoms with Gasteiger partial charge in [0.2, 0.25) is 0 Å². The highest BCUT2D eigenvalue weighted by Crippen LogP contribution is 2.29. The summed E-state index contributed by atoms with van der Waals surface area (Å²) in [6.07, 6.45) is 0.623. The number of H-pyrrole nitrogens is 1. The molecule has 2 heterocycles. The van der Waals surface area contributed by atoms with Crippen molar-refractivity contribution in [1.82, 2.24) is 9.29 Å². The van der Waals surface area contributed by atoms with Gasteiger partial charge in [0.1, 0.15) is 0 Å². The Hall–Kier alpha value is -1.64. The SMILES string of the molecule is Cc1[nH]c(=O)sc1S(=O)(=O)N1CCc2cccc(N)c2C1. The maximum absolute atomic E-state index is 12.7. The molecule has 21 heavy (non-hydrogen) atoms. The molecule has 0 atom stereocenters. The zero-order valence-electron chi connectivity index (χ0n) is 11.4. The number of sulfonamides is 1. The summed E-state index contributed by atoms with van der Waals surface area (Å²) < 4.78 is 26.8. The molecule has 2 aromatic rings. The minimum atomic E-state index is -3.67. The van der Waals surface area contributed by atoms with E-state index in [0.717, 1.165) is 22.5 Å². The van der Waals surface area contributed by atoms with Crippen molar-refractivity contribution < 1.29 is 8.42 Å². The predicted molar refractivity (Wildman–Crippen MR) is 81.8 cm³/mol. The highest BCUT2D eigenvalue weighted by Gasteiger charge is 2.31. The molecule has 1 aliphatic rings. The first-order valence-corrected chi connectivity index (χ1v) is 8.71. The standard InChI is InChI=1S/C13H15N3O3S2/c1-8-12(20-13(17)15-8)21(18,19)16-6-5-9-3-2-4-11(14)10(9)7-16/h2-4H,5-7,14H2,1H3,(H,15,17). The van der Waals surface area contributed by atoms with Gasteiger partial charge in [-0.3, -0.25) is 4.79 Å². The minimum Gasteiger partial charge on any atom is -0.398 e.